The smallest absolute Gasteiger partial charge is 0.273 e. The second-order valence-electron chi connectivity index (χ2n) is 7.07. The van der Waals surface area contributed by atoms with Crippen LogP contribution in [0.1, 0.15) is 61.3 Å². The van der Waals surface area contributed by atoms with Crippen molar-refractivity contribution >= 4 is 5.91 Å². The van der Waals surface area contributed by atoms with E-state index < -0.39 is 5.54 Å². The molecule has 4 rings (SSSR count). The van der Waals surface area contributed by atoms with E-state index in [1.54, 1.807) is 25.3 Å². The molecule has 2 fully saturated rings. The molecule has 3 heterocycles. The number of likely N-dealkylation sites (tertiary alicyclic amines) is 1. The lowest BCUT2D eigenvalue weighted by atomic mass is 9.67. The average molecular weight is 342 g/mol. The number of hydrogen-bond donors (Lipinski definition) is 0. The van der Waals surface area contributed by atoms with Gasteiger partial charge in [0, 0.05) is 18.5 Å². The summed E-state index contributed by atoms with van der Waals surface area (Å²) in [7, 11) is 1.54. The maximum atomic E-state index is 13.1. The summed E-state index contributed by atoms with van der Waals surface area (Å²) in [5, 5.41) is 8.47. The molecule has 0 unspecified atom stereocenters. The lowest BCUT2D eigenvalue weighted by Gasteiger charge is -2.46. The van der Waals surface area contributed by atoms with Gasteiger partial charge in [-0.25, -0.2) is 4.98 Å². The number of nitrogens with zero attached hydrogens (tertiary/aromatic N) is 4. The summed E-state index contributed by atoms with van der Waals surface area (Å²) in [5.74, 6) is 2.06. The molecule has 132 valence electrons. The van der Waals surface area contributed by atoms with Crippen molar-refractivity contribution in [2.45, 2.75) is 44.6 Å². The standard InChI is InChI=1S/C18H22N4O3/c1-11(2)15-20-21-17(25-15)18-9-7-12(18)8-10-22(18)16(23)13-5-4-6-14(19-13)24-3/h4-6,11-12H,7-10H2,1-3H3/t12-,18-/m0/s1. The highest BCUT2D eigenvalue weighted by Crippen LogP contribution is 2.56. The fraction of sp³-hybridized carbons (Fsp3) is 0.556. The zero-order valence-electron chi connectivity index (χ0n) is 14.7. The third kappa shape index (κ3) is 2.33. The van der Waals surface area contributed by atoms with E-state index in [0.717, 1.165) is 19.3 Å². The molecule has 1 aliphatic carbocycles. The number of pyridine rings is 1. The highest BCUT2D eigenvalue weighted by molar-refractivity contribution is 5.93. The first-order valence-electron chi connectivity index (χ1n) is 8.73. The van der Waals surface area contributed by atoms with Crippen molar-refractivity contribution in [2.75, 3.05) is 13.7 Å². The van der Waals surface area contributed by atoms with Crippen molar-refractivity contribution in [3.05, 3.63) is 35.7 Å². The number of carbonyl (C=O) groups is 1. The Balaban J connectivity index is 1.69. The first-order chi connectivity index (χ1) is 12.1. The van der Waals surface area contributed by atoms with Gasteiger partial charge in [-0.05, 0) is 31.2 Å². The SMILES string of the molecule is COc1cccc(C(=O)N2CC[C@@H]3CC[C@@]32c2nnc(C(C)C)o2)n1. The number of carbonyl (C=O) groups excluding carboxylic acids is 1. The number of ether oxygens (including phenoxy) is 1. The first-order valence-corrected chi connectivity index (χ1v) is 8.73. The van der Waals surface area contributed by atoms with E-state index in [1.165, 1.54) is 0 Å². The average Bonchev–Trinajstić information content (AvgIpc) is 3.18. The molecule has 2 aromatic rings. The van der Waals surface area contributed by atoms with Crippen molar-refractivity contribution in [1.29, 1.82) is 0 Å². The Morgan fingerprint density at radius 3 is 2.84 bits per heavy atom. The van der Waals surface area contributed by atoms with Crippen molar-refractivity contribution < 1.29 is 13.9 Å². The maximum absolute atomic E-state index is 13.1. The molecular weight excluding hydrogens is 320 g/mol. The molecule has 0 aromatic carbocycles. The molecule has 25 heavy (non-hydrogen) atoms. The zero-order valence-corrected chi connectivity index (χ0v) is 14.7. The normalized spacial score (nSPS) is 25.0. The molecule has 0 bridgehead atoms. The van der Waals surface area contributed by atoms with Crippen LogP contribution in [0.2, 0.25) is 0 Å². The van der Waals surface area contributed by atoms with Gasteiger partial charge in [-0.15, -0.1) is 10.2 Å². The van der Waals surface area contributed by atoms with E-state index >= 15 is 0 Å². The van der Waals surface area contributed by atoms with Crippen LogP contribution in [0.4, 0.5) is 0 Å². The Morgan fingerprint density at radius 1 is 1.36 bits per heavy atom. The minimum atomic E-state index is -0.470. The van der Waals surface area contributed by atoms with Crippen LogP contribution in [0.15, 0.2) is 22.6 Å². The van der Waals surface area contributed by atoms with Crippen LogP contribution in [0, 0.1) is 5.92 Å². The summed E-state index contributed by atoms with van der Waals surface area (Å²) >= 11 is 0. The molecule has 1 aliphatic heterocycles. The van der Waals surface area contributed by atoms with Gasteiger partial charge >= 0.3 is 0 Å². The number of methoxy groups -OCH3 is 1. The van der Waals surface area contributed by atoms with E-state index in [9.17, 15) is 4.79 Å². The van der Waals surface area contributed by atoms with Gasteiger partial charge in [0.15, 0.2) is 0 Å². The van der Waals surface area contributed by atoms with Gasteiger partial charge in [-0.3, -0.25) is 4.79 Å². The molecule has 2 atom stereocenters. The summed E-state index contributed by atoms with van der Waals surface area (Å²) < 4.78 is 11.1. The molecule has 7 heteroatoms. The molecule has 0 spiro atoms. The largest absolute Gasteiger partial charge is 0.481 e. The molecule has 7 nitrogen and oxygen atoms in total. The van der Waals surface area contributed by atoms with Crippen LogP contribution in [0.3, 0.4) is 0 Å². The zero-order chi connectivity index (χ0) is 17.6. The number of amides is 1. The van der Waals surface area contributed by atoms with Gasteiger partial charge in [0.25, 0.3) is 5.91 Å². The Morgan fingerprint density at radius 2 is 2.20 bits per heavy atom. The fourth-order valence-corrected chi connectivity index (χ4v) is 3.95. The first kappa shape index (κ1) is 16.1. The van der Waals surface area contributed by atoms with Gasteiger partial charge in [0.1, 0.15) is 11.2 Å². The summed E-state index contributed by atoms with van der Waals surface area (Å²) in [4.78, 5) is 19.3. The quantitative estimate of drug-likeness (QED) is 0.850. The molecular formula is C18H22N4O3. The van der Waals surface area contributed by atoms with Gasteiger partial charge < -0.3 is 14.1 Å². The second-order valence-corrected chi connectivity index (χ2v) is 7.07. The molecule has 0 N–H and O–H groups in total. The molecule has 0 radical (unpaired) electrons. The Hall–Kier alpha value is -2.44. The molecule has 2 aromatic heterocycles. The van der Waals surface area contributed by atoms with Crippen molar-refractivity contribution in [2.24, 2.45) is 5.92 Å². The molecule has 1 saturated heterocycles. The third-order valence-electron chi connectivity index (χ3n) is 5.43. The second kappa shape index (κ2) is 5.82. The molecule has 2 aliphatic rings. The highest BCUT2D eigenvalue weighted by atomic mass is 16.5. The van der Waals surface area contributed by atoms with E-state index in [-0.39, 0.29) is 11.8 Å². The Kier molecular flexibility index (Phi) is 3.74. The van der Waals surface area contributed by atoms with Crippen LogP contribution < -0.4 is 4.74 Å². The van der Waals surface area contributed by atoms with E-state index in [4.69, 9.17) is 9.15 Å². The highest BCUT2D eigenvalue weighted by Gasteiger charge is 2.61. The van der Waals surface area contributed by atoms with Crippen LogP contribution >= 0.6 is 0 Å². The third-order valence-corrected chi connectivity index (χ3v) is 5.43. The Bertz CT molecular complexity index is 803. The van der Waals surface area contributed by atoms with Crippen LogP contribution in [0.5, 0.6) is 5.88 Å². The minimum absolute atomic E-state index is 0.106. The van der Waals surface area contributed by atoms with Crippen LogP contribution in [-0.2, 0) is 5.54 Å². The minimum Gasteiger partial charge on any atom is -0.481 e. The van der Waals surface area contributed by atoms with Crippen molar-refractivity contribution in [3.8, 4) is 5.88 Å². The lowest BCUT2D eigenvalue weighted by molar-refractivity contribution is -0.00412. The topological polar surface area (TPSA) is 81.4 Å². The number of aromatic nitrogens is 3. The summed E-state index contributed by atoms with van der Waals surface area (Å²) in [6, 6.07) is 5.23. The van der Waals surface area contributed by atoms with Gasteiger partial charge in [0.2, 0.25) is 17.7 Å². The maximum Gasteiger partial charge on any atom is 0.273 e. The predicted molar refractivity (Wildman–Crippen MR) is 89.2 cm³/mol. The van der Waals surface area contributed by atoms with Crippen LogP contribution in [-0.4, -0.2) is 39.6 Å². The Labute approximate surface area is 146 Å². The van der Waals surface area contributed by atoms with Gasteiger partial charge in [-0.1, -0.05) is 19.9 Å². The molecule has 1 saturated carbocycles. The van der Waals surface area contributed by atoms with Gasteiger partial charge in [0.05, 0.1) is 7.11 Å². The van der Waals surface area contributed by atoms with E-state index in [2.05, 4.69) is 15.2 Å². The number of fused-ring (bicyclic) bond motifs is 1. The lowest BCUT2D eigenvalue weighted by Crippen LogP contribution is -2.54. The van der Waals surface area contributed by atoms with Gasteiger partial charge in [-0.2, -0.15) is 0 Å². The predicted octanol–water partition coefficient (Wildman–Crippen LogP) is 2.75. The summed E-state index contributed by atoms with van der Waals surface area (Å²) in [5.41, 5.74) is -0.0861. The van der Waals surface area contributed by atoms with Crippen LogP contribution in [0.25, 0.3) is 0 Å². The van der Waals surface area contributed by atoms with E-state index in [1.807, 2.05) is 18.7 Å². The van der Waals surface area contributed by atoms with Crippen molar-refractivity contribution in [3.63, 3.8) is 0 Å². The van der Waals surface area contributed by atoms with E-state index in [0.29, 0.717) is 35.8 Å². The monoisotopic (exact) mass is 342 g/mol. The number of rotatable bonds is 4. The fourth-order valence-electron chi connectivity index (χ4n) is 3.95. The number of hydrogen-bond acceptors (Lipinski definition) is 6. The summed E-state index contributed by atoms with van der Waals surface area (Å²) in [6.07, 6.45) is 2.89. The van der Waals surface area contributed by atoms with Crippen molar-refractivity contribution in [1.82, 2.24) is 20.1 Å². The molecule has 1 amide bonds. The summed E-state index contributed by atoms with van der Waals surface area (Å²) in [6.45, 7) is 4.72.